The Morgan fingerprint density at radius 2 is 1.68 bits per heavy atom. The summed E-state index contributed by atoms with van der Waals surface area (Å²) in [6.45, 7) is 10.4. The molecule has 3 rings (SSSR count). The third-order valence-corrected chi connectivity index (χ3v) is 5.24. The summed E-state index contributed by atoms with van der Waals surface area (Å²) in [5.74, 6) is -0.140. The van der Waals surface area contributed by atoms with Crippen LogP contribution in [0.2, 0.25) is 0 Å². The lowest BCUT2D eigenvalue weighted by Crippen LogP contribution is -2.45. The van der Waals surface area contributed by atoms with Crippen LogP contribution >= 0.6 is 12.2 Å². The average molecular weight is 394 g/mol. The minimum absolute atomic E-state index is 0.0756. The maximum Gasteiger partial charge on any atom is 0.255 e. The van der Waals surface area contributed by atoms with Gasteiger partial charge in [-0.05, 0) is 54.2 Å². The molecule has 5 heteroatoms. The van der Waals surface area contributed by atoms with Crippen molar-refractivity contribution in [2.75, 3.05) is 5.32 Å². The van der Waals surface area contributed by atoms with Crippen molar-refractivity contribution in [1.29, 1.82) is 0 Å². The third-order valence-electron chi connectivity index (χ3n) is 5.02. The Bertz CT molecular complexity index is 939. The number of thiocarbonyl (C=S) groups is 1. The van der Waals surface area contributed by atoms with E-state index in [0.717, 1.165) is 22.5 Å². The fraction of sp³-hybridized carbons (Fsp3) is 0.304. The molecule has 0 saturated carbocycles. The zero-order valence-corrected chi connectivity index (χ0v) is 17.8. The van der Waals surface area contributed by atoms with Gasteiger partial charge in [-0.2, -0.15) is 0 Å². The molecule has 1 atom stereocenters. The molecule has 1 aliphatic heterocycles. The average Bonchev–Trinajstić information content (AvgIpc) is 2.62. The Morgan fingerprint density at radius 1 is 1.04 bits per heavy atom. The molecule has 0 aliphatic carbocycles. The Hall–Kier alpha value is -2.66. The summed E-state index contributed by atoms with van der Waals surface area (Å²) in [6, 6.07) is 15.8. The van der Waals surface area contributed by atoms with E-state index in [1.807, 2.05) is 38.1 Å². The van der Waals surface area contributed by atoms with Crippen LogP contribution in [0.1, 0.15) is 50.4 Å². The summed E-state index contributed by atoms with van der Waals surface area (Å²) in [5.41, 5.74) is 5.56. The highest BCUT2D eigenvalue weighted by Gasteiger charge is 2.30. The highest BCUT2D eigenvalue weighted by atomic mass is 32.1. The van der Waals surface area contributed by atoms with Gasteiger partial charge in [0.15, 0.2) is 5.11 Å². The van der Waals surface area contributed by atoms with Crippen LogP contribution < -0.4 is 16.0 Å². The number of hydrogen-bond acceptors (Lipinski definition) is 2. The van der Waals surface area contributed by atoms with E-state index in [1.165, 1.54) is 5.56 Å². The molecule has 4 nitrogen and oxygen atoms in total. The molecule has 1 heterocycles. The largest absolute Gasteiger partial charge is 0.351 e. The van der Waals surface area contributed by atoms with Gasteiger partial charge < -0.3 is 16.0 Å². The summed E-state index contributed by atoms with van der Waals surface area (Å²) in [5, 5.41) is 9.90. The number of anilines is 1. The summed E-state index contributed by atoms with van der Waals surface area (Å²) in [4.78, 5) is 13.2. The zero-order chi connectivity index (χ0) is 20.5. The first-order valence-corrected chi connectivity index (χ1v) is 9.83. The number of carbonyl (C=O) groups excluding carboxylic acids is 1. The maximum absolute atomic E-state index is 13.2. The predicted molar refractivity (Wildman–Crippen MR) is 119 cm³/mol. The van der Waals surface area contributed by atoms with Crippen molar-refractivity contribution >= 4 is 28.9 Å². The molecule has 1 aliphatic rings. The van der Waals surface area contributed by atoms with Crippen LogP contribution in [0.4, 0.5) is 5.69 Å². The first-order chi connectivity index (χ1) is 13.2. The van der Waals surface area contributed by atoms with Crippen molar-refractivity contribution in [3.8, 4) is 0 Å². The number of para-hydroxylation sites is 1. The normalized spacial score (nSPS) is 17.0. The van der Waals surface area contributed by atoms with E-state index in [-0.39, 0.29) is 17.4 Å². The standard InChI is InChI=1S/C23H27N3OS/c1-14-8-6-7-9-18(14)25-21(27)19-15(2)24-22(28)26-20(19)16-10-12-17(13-11-16)23(3,4)5/h6-13,20H,1-5H3,(H,25,27)(H2,24,26,28)/t20-/m0/s1. The Kier molecular flexibility index (Phi) is 5.57. The molecule has 3 N–H and O–H groups in total. The van der Waals surface area contributed by atoms with Gasteiger partial charge in [-0.25, -0.2) is 0 Å². The number of benzene rings is 2. The van der Waals surface area contributed by atoms with E-state index in [4.69, 9.17) is 12.2 Å². The number of hydrogen-bond donors (Lipinski definition) is 3. The van der Waals surface area contributed by atoms with Gasteiger partial charge >= 0.3 is 0 Å². The van der Waals surface area contributed by atoms with Gasteiger partial charge in [0.2, 0.25) is 0 Å². The second kappa shape index (κ2) is 7.76. The van der Waals surface area contributed by atoms with E-state index >= 15 is 0 Å². The first kappa shape index (κ1) is 20.1. The van der Waals surface area contributed by atoms with E-state index < -0.39 is 0 Å². The number of rotatable bonds is 3. The van der Waals surface area contributed by atoms with Crippen molar-refractivity contribution in [2.24, 2.45) is 0 Å². The zero-order valence-electron chi connectivity index (χ0n) is 17.0. The molecule has 0 fully saturated rings. The van der Waals surface area contributed by atoms with Crippen molar-refractivity contribution in [1.82, 2.24) is 10.6 Å². The summed E-state index contributed by atoms with van der Waals surface area (Å²) >= 11 is 5.35. The fourth-order valence-electron chi connectivity index (χ4n) is 3.32. The molecule has 0 bridgehead atoms. The van der Waals surface area contributed by atoms with E-state index in [0.29, 0.717) is 10.7 Å². The summed E-state index contributed by atoms with van der Waals surface area (Å²) in [7, 11) is 0. The lowest BCUT2D eigenvalue weighted by atomic mass is 9.85. The van der Waals surface area contributed by atoms with Gasteiger partial charge in [0.05, 0.1) is 11.6 Å². The minimum Gasteiger partial charge on any atom is -0.351 e. The second-order valence-corrected chi connectivity index (χ2v) is 8.62. The van der Waals surface area contributed by atoms with Crippen molar-refractivity contribution in [3.63, 3.8) is 0 Å². The van der Waals surface area contributed by atoms with Gasteiger partial charge in [-0.3, -0.25) is 4.79 Å². The SMILES string of the molecule is CC1=C(C(=O)Nc2ccccc2C)[C@H](c2ccc(C(C)(C)C)cc2)NC(=S)N1. The Balaban J connectivity index is 1.95. The van der Waals surface area contributed by atoms with E-state index in [2.05, 4.69) is 61.0 Å². The summed E-state index contributed by atoms with van der Waals surface area (Å²) in [6.07, 6.45) is 0. The van der Waals surface area contributed by atoms with Crippen LogP contribution in [0.5, 0.6) is 0 Å². The molecule has 0 radical (unpaired) electrons. The number of allylic oxidation sites excluding steroid dienone is 1. The van der Waals surface area contributed by atoms with Crippen LogP contribution in [0.25, 0.3) is 0 Å². The van der Waals surface area contributed by atoms with Crippen molar-refractivity contribution in [2.45, 2.75) is 46.1 Å². The molecule has 1 amide bonds. The Morgan fingerprint density at radius 3 is 2.29 bits per heavy atom. The van der Waals surface area contributed by atoms with Crippen LogP contribution in [-0.4, -0.2) is 11.0 Å². The topological polar surface area (TPSA) is 53.2 Å². The van der Waals surface area contributed by atoms with Crippen LogP contribution in [0, 0.1) is 6.92 Å². The van der Waals surface area contributed by atoms with Crippen LogP contribution in [0.15, 0.2) is 59.8 Å². The lowest BCUT2D eigenvalue weighted by Gasteiger charge is -2.31. The second-order valence-electron chi connectivity index (χ2n) is 8.21. The molecule has 2 aromatic rings. The Labute approximate surface area is 172 Å². The number of amides is 1. The first-order valence-electron chi connectivity index (χ1n) is 9.42. The molecule has 0 spiro atoms. The number of nitrogens with one attached hydrogen (secondary N) is 3. The quantitative estimate of drug-likeness (QED) is 0.660. The maximum atomic E-state index is 13.2. The molecule has 2 aromatic carbocycles. The highest BCUT2D eigenvalue weighted by Crippen LogP contribution is 2.30. The molecular formula is C23H27N3OS. The molecule has 0 unspecified atom stereocenters. The fourth-order valence-corrected chi connectivity index (χ4v) is 3.59. The number of aryl methyl sites for hydroxylation is 1. The monoisotopic (exact) mass is 393 g/mol. The highest BCUT2D eigenvalue weighted by molar-refractivity contribution is 7.80. The van der Waals surface area contributed by atoms with Gasteiger partial charge in [0, 0.05) is 11.4 Å². The van der Waals surface area contributed by atoms with Gasteiger partial charge in [0.1, 0.15) is 0 Å². The van der Waals surface area contributed by atoms with E-state index in [1.54, 1.807) is 0 Å². The molecule has 0 aromatic heterocycles. The number of carbonyl (C=O) groups is 1. The van der Waals surface area contributed by atoms with Gasteiger partial charge in [0.25, 0.3) is 5.91 Å². The van der Waals surface area contributed by atoms with Crippen molar-refractivity contribution < 1.29 is 4.79 Å². The van der Waals surface area contributed by atoms with E-state index in [9.17, 15) is 4.79 Å². The molecular weight excluding hydrogens is 366 g/mol. The van der Waals surface area contributed by atoms with Gasteiger partial charge in [-0.15, -0.1) is 0 Å². The molecule has 146 valence electrons. The predicted octanol–water partition coefficient (Wildman–Crippen LogP) is 4.72. The minimum atomic E-state index is -0.299. The molecule has 0 saturated heterocycles. The molecule has 28 heavy (non-hydrogen) atoms. The van der Waals surface area contributed by atoms with Crippen molar-refractivity contribution in [3.05, 3.63) is 76.5 Å². The van der Waals surface area contributed by atoms with Crippen LogP contribution in [-0.2, 0) is 10.2 Å². The van der Waals surface area contributed by atoms with Gasteiger partial charge in [-0.1, -0.05) is 63.2 Å². The lowest BCUT2D eigenvalue weighted by molar-refractivity contribution is -0.113. The third kappa shape index (κ3) is 4.25. The smallest absolute Gasteiger partial charge is 0.255 e. The summed E-state index contributed by atoms with van der Waals surface area (Å²) < 4.78 is 0. The van der Waals surface area contributed by atoms with Crippen LogP contribution in [0.3, 0.4) is 0 Å².